The van der Waals surface area contributed by atoms with Crippen LogP contribution in [-0.4, -0.2) is 20.0 Å². The number of aromatic nitrogens is 4. The molecule has 6 nitrogen and oxygen atoms in total. The summed E-state index contributed by atoms with van der Waals surface area (Å²) in [5.41, 5.74) is 4.53. The summed E-state index contributed by atoms with van der Waals surface area (Å²) >= 11 is 0. The van der Waals surface area contributed by atoms with Crippen LogP contribution in [0.2, 0.25) is 0 Å². The third kappa shape index (κ3) is 3.26. The van der Waals surface area contributed by atoms with E-state index in [1.54, 1.807) is 16.9 Å². The highest BCUT2D eigenvalue weighted by Gasteiger charge is 2.13. The second kappa shape index (κ2) is 7.64. The molecule has 5 aromatic rings. The van der Waals surface area contributed by atoms with E-state index in [0.29, 0.717) is 11.0 Å². The molecule has 5 rings (SSSR count). The van der Waals surface area contributed by atoms with Gasteiger partial charge in [0.25, 0.3) is 5.56 Å². The Morgan fingerprint density at radius 1 is 1.06 bits per heavy atom. The monoisotopic (exact) mass is 417 g/mol. The lowest BCUT2D eigenvalue weighted by molar-refractivity contribution is 0.760. The highest BCUT2D eigenvalue weighted by Crippen LogP contribution is 2.30. The number of hydrogen-bond acceptors (Lipinski definition) is 4. The van der Waals surface area contributed by atoms with E-state index >= 15 is 0 Å². The van der Waals surface area contributed by atoms with Crippen LogP contribution in [-0.2, 0) is 7.05 Å². The Labute approximate surface area is 184 Å². The average Bonchev–Trinajstić information content (AvgIpc) is 3.19. The molecule has 0 fully saturated rings. The fourth-order valence-electron chi connectivity index (χ4n) is 3.98. The second-order valence-electron chi connectivity index (χ2n) is 7.70. The van der Waals surface area contributed by atoms with Gasteiger partial charge in [0, 0.05) is 18.0 Å². The quantitative estimate of drug-likeness (QED) is 0.425. The third-order valence-electron chi connectivity index (χ3n) is 5.74. The molecule has 2 heterocycles. The SMILES string of the molecule is Cc1n[nH]c(=O)c2ccc(-c3cnn(C)c3C=C(C#N)c3ccc4ccccc4c3)cc12. The lowest BCUT2D eigenvalue weighted by Crippen LogP contribution is -2.09. The number of H-pyrrole nitrogens is 1. The molecule has 0 amide bonds. The molecule has 0 aliphatic rings. The minimum absolute atomic E-state index is 0.216. The van der Waals surface area contributed by atoms with E-state index in [0.717, 1.165) is 44.2 Å². The van der Waals surface area contributed by atoms with Crippen LogP contribution in [0, 0.1) is 18.3 Å². The van der Waals surface area contributed by atoms with Gasteiger partial charge in [-0.1, -0.05) is 42.5 Å². The molecule has 6 heteroatoms. The minimum atomic E-state index is -0.216. The summed E-state index contributed by atoms with van der Waals surface area (Å²) in [6.45, 7) is 1.86. The van der Waals surface area contributed by atoms with E-state index in [2.05, 4.69) is 27.4 Å². The average molecular weight is 417 g/mol. The van der Waals surface area contributed by atoms with Crippen LogP contribution in [0.25, 0.3) is 44.3 Å². The third-order valence-corrected chi connectivity index (χ3v) is 5.74. The summed E-state index contributed by atoms with van der Waals surface area (Å²) in [4.78, 5) is 12.1. The fourth-order valence-corrected chi connectivity index (χ4v) is 3.98. The molecule has 32 heavy (non-hydrogen) atoms. The summed E-state index contributed by atoms with van der Waals surface area (Å²) in [6.07, 6.45) is 3.64. The molecule has 0 bridgehead atoms. The number of rotatable bonds is 3. The molecule has 0 spiro atoms. The van der Waals surface area contributed by atoms with Crippen molar-refractivity contribution in [2.24, 2.45) is 7.05 Å². The molecule has 0 saturated carbocycles. The van der Waals surface area contributed by atoms with Crippen molar-refractivity contribution in [3.63, 3.8) is 0 Å². The number of benzene rings is 3. The predicted molar refractivity (Wildman–Crippen MR) is 127 cm³/mol. The first-order valence-corrected chi connectivity index (χ1v) is 10.2. The zero-order valence-corrected chi connectivity index (χ0v) is 17.6. The van der Waals surface area contributed by atoms with Crippen molar-refractivity contribution in [2.75, 3.05) is 0 Å². The van der Waals surface area contributed by atoms with Crippen molar-refractivity contribution < 1.29 is 0 Å². The van der Waals surface area contributed by atoms with E-state index < -0.39 is 0 Å². The van der Waals surface area contributed by atoms with Crippen molar-refractivity contribution in [1.29, 1.82) is 5.26 Å². The maximum atomic E-state index is 12.1. The van der Waals surface area contributed by atoms with E-state index in [1.807, 2.05) is 68.6 Å². The summed E-state index contributed by atoms with van der Waals surface area (Å²) in [5, 5.41) is 24.5. The molecule has 0 aliphatic heterocycles. The van der Waals surface area contributed by atoms with Crippen molar-refractivity contribution in [2.45, 2.75) is 6.92 Å². The number of nitrogens with one attached hydrogen (secondary N) is 1. The number of hydrogen-bond donors (Lipinski definition) is 1. The first kappa shape index (κ1) is 19.5. The van der Waals surface area contributed by atoms with Crippen molar-refractivity contribution in [1.82, 2.24) is 20.0 Å². The standard InChI is InChI=1S/C26H19N5O/c1-16-23-12-20(9-10-22(23)26(32)30-29-16)24-15-28-31(2)25(24)13-21(14-27)19-8-7-17-5-3-4-6-18(17)11-19/h3-13,15H,1-2H3,(H,30,32). The second-order valence-corrected chi connectivity index (χ2v) is 7.70. The predicted octanol–water partition coefficient (Wildman–Crippen LogP) is 4.85. The molecular weight excluding hydrogens is 398 g/mol. The fraction of sp³-hybridized carbons (Fsp3) is 0.0769. The zero-order chi connectivity index (χ0) is 22.2. The number of allylic oxidation sites excluding steroid dienone is 1. The molecule has 0 saturated heterocycles. The van der Waals surface area contributed by atoms with E-state index in [4.69, 9.17) is 0 Å². The number of nitriles is 1. The van der Waals surface area contributed by atoms with Crippen LogP contribution in [0.15, 0.2) is 71.7 Å². The summed E-state index contributed by atoms with van der Waals surface area (Å²) in [7, 11) is 1.85. The van der Waals surface area contributed by atoms with Crippen LogP contribution in [0.5, 0.6) is 0 Å². The van der Waals surface area contributed by atoms with Crippen molar-refractivity contribution in [3.05, 3.63) is 94.2 Å². The minimum Gasteiger partial charge on any atom is -0.268 e. The number of aromatic amines is 1. The molecular formula is C26H19N5O. The van der Waals surface area contributed by atoms with Gasteiger partial charge in [0.05, 0.1) is 34.6 Å². The summed E-state index contributed by atoms with van der Waals surface area (Å²) < 4.78 is 1.75. The van der Waals surface area contributed by atoms with E-state index in [-0.39, 0.29) is 5.56 Å². The van der Waals surface area contributed by atoms with Crippen LogP contribution < -0.4 is 5.56 Å². The smallest absolute Gasteiger partial charge is 0.268 e. The van der Waals surface area contributed by atoms with Gasteiger partial charge < -0.3 is 0 Å². The Bertz CT molecular complexity index is 1630. The molecule has 0 aliphatic carbocycles. The summed E-state index contributed by atoms with van der Waals surface area (Å²) in [5.74, 6) is 0. The van der Waals surface area contributed by atoms with Gasteiger partial charge in [-0.2, -0.15) is 15.5 Å². The Balaban J connectivity index is 1.65. The van der Waals surface area contributed by atoms with E-state index in [1.165, 1.54) is 0 Å². The van der Waals surface area contributed by atoms with Crippen LogP contribution in [0.4, 0.5) is 0 Å². The van der Waals surface area contributed by atoms with Gasteiger partial charge >= 0.3 is 0 Å². The van der Waals surface area contributed by atoms with Crippen molar-refractivity contribution in [3.8, 4) is 17.2 Å². The van der Waals surface area contributed by atoms with Crippen LogP contribution >= 0.6 is 0 Å². The molecule has 1 N–H and O–H groups in total. The first-order chi connectivity index (χ1) is 15.5. The van der Waals surface area contributed by atoms with Gasteiger partial charge in [0.2, 0.25) is 0 Å². The molecule has 3 aromatic carbocycles. The Morgan fingerprint density at radius 3 is 2.69 bits per heavy atom. The molecule has 0 radical (unpaired) electrons. The Kier molecular flexibility index (Phi) is 4.65. The highest BCUT2D eigenvalue weighted by atomic mass is 16.1. The van der Waals surface area contributed by atoms with Gasteiger partial charge in [-0.25, -0.2) is 5.10 Å². The zero-order valence-electron chi connectivity index (χ0n) is 17.6. The number of nitrogens with zero attached hydrogens (tertiary/aromatic N) is 4. The van der Waals surface area contributed by atoms with Gasteiger partial charge in [0.15, 0.2) is 0 Å². The molecule has 0 atom stereocenters. The maximum absolute atomic E-state index is 12.1. The van der Waals surface area contributed by atoms with Gasteiger partial charge in [-0.3, -0.25) is 9.48 Å². The molecule has 2 aromatic heterocycles. The van der Waals surface area contributed by atoms with Crippen LogP contribution in [0.1, 0.15) is 17.0 Å². The van der Waals surface area contributed by atoms with Gasteiger partial charge in [-0.05, 0) is 53.1 Å². The molecule has 0 unspecified atom stereocenters. The van der Waals surface area contributed by atoms with Crippen LogP contribution in [0.3, 0.4) is 0 Å². The Morgan fingerprint density at radius 2 is 1.88 bits per heavy atom. The first-order valence-electron chi connectivity index (χ1n) is 10.2. The number of fused-ring (bicyclic) bond motifs is 2. The summed E-state index contributed by atoms with van der Waals surface area (Å²) in [6, 6.07) is 22.1. The Hall–Kier alpha value is -4.50. The van der Waals surface area contributed by atoms with Crippen molar-refractivity contribution >= 4 is 33.2 Å². The lowest BCUT2D eigenvalue weighted by atomic mass is 9.98. The van der Waals surface area contributed by atoms with Gasteiger partial charge in [-0.15, -0.1) is 0 Å². The molecule has 154 valence electrons. The maximum Gasteiger partial charge on any atom is 0.272 e. The van der Waals surface area contributed by atoms with E-state index in [9.17, 15) is 10.1 Å². The van der Waals surface area contributed by atoms with Gasteiger partial charge in [0.1, 0.15) is 0 Å². The normalized spacial score (nSPS) is 11.7. The highest BCUT2D eigenvalue weighted by molar-refractivity contribution is 5.96. The number of aryl methyl sites for hydroxylation is 2. The lowest BCUT2D eigenvalue weighted by Gasteiger charge is -2.07. The largest absolute Gasteiger partial charge is 0.272 e. The topological polar surface area (TPSA) is 87.4 Å².